The van der Waals surface area contributed by atoms with Crippen LogP contribution >= 0.6 is 24.8 Å². The van der Waals surface area contributed by atoms with Crippen LogP contribution in [0.1, 0.15) is 26.3 Å². The highest BCUT2D eigenvalue weighted by atomic mass is 35.5. The van der Waals surface area contributed by atoms with Gasteiger partial charge in [-0.1, -0.05) is 0 Å². The van der Waals surface area contributed by atoms with E-state index in [1.165, 1.54) is 5.56 Å². The van der Waals surface area contributed by atoms with E-state index in [0.29, 0.717) is 6.61 Å². The average molecular weight is 284 g/mol. The summed E-state index contributed by atoms with van der Waals surface area (Å²) in [7, 11) is 1.93. The molecule has 1 aromatic heterocycles. The van der Waals surface area contributed by atoms with Crippen molar-refractivity contribution in [1.29, 1.82) is 0 Å². The Morgan fingerprint density at radius 1 is 1.35 bits per heavy atom. The van der Waals surface area contributed by atoms with Crippen LogP contribution in [0.15, 0.2) is 12.4 Å². The van der Waals surface area contributed by atoms with Crippen LogP contribution in [0.5, 0.6) is 0 Å². The van der Waals surface area contributed by atoms with E-state index >= 15 is 0 Å². The van der Waals surface area contributed by atoms with Crippen molar-refractivity contribution in [2.45, 2.75) is 39.5 Å². The molecule has 0 saturated carbocycles. The number of rotatable bonds is 5. The van der Waals surface area contributed by atoms with Crippen molar-refractivity contribution in [3.05, 3.63) is 18.0 Å². The monoisotopic (exact) mass is 283 g/mol. The number of nitrogens with zero attached hydrogens (tertiary/aromatic N) is 2. The van der Waals surface area contributed by atoms with E-state index in [-0.39, 0.29) is 30.4 Å². The SMILES string of the molecule is CNCc1cnn(CCOC(C)(C)C)c1.Cl.Cl. The van der Waals surface area contributed by atoms with Gasteiger partial charge in [-0.2, -0.15) is 5.10 Å². The number of nitrogens with one attached hydrogen (secondary N) is 1. The lowest BCUT2D eigenvalue weighted by Crippen LogP contribution is -2.22. The van der Waals surface area contributed by atoms with Crippen LogP contribution in [0.2, 0.25) is 0 Å². The summed E-state index contributed by atoms with van der Waals surface area (Å²) >= 11 is 0. The maximum absolute atomic E-state index is 5.63. The van der Waals surface area contributed by atoms with Gasteiger partial charge in [-0.3, -0.25) is 4.68 Å². The van der Waals surface area contributed by atoms with Gasteiger partial charge in [-0.05, 0) is 27.8 Å². The summed E-state index contributed by atoms with van der Waals surface area (Å²) in [5.74, 6) is 0. The molecule has 1 heterocycles. The summed E-state index contributed by atoms with van der Waals surface area (Å²) in [4.78, 5) is 0. The molecule has 102 valence electrons. The summed E-state index contributed by atoms with van der Waals surface area (Å²) in [5, 5.41) is 7.34. The molecule has 0 bridgehead atoms. The van der Waals surface area contributed by atoms with Crippen LogP contribution in [0, 0.1) is 0 Å². The molecular formula is C11H23Cl2N3O. The van der Waals surface area contributed by atoms with Gasteiger partial charge < -0.3 is 10.1 Å². The zero-order valence-corrected chi connectivity index (χ0v) is 12.5. The molecule has 0 atom stereocenters. The Bertz CT molecular complexity index is 297. The lowest BCUT2D eigenvalue weighted by molar-refractivity contribution is -0.00790. The number of ether oxygens (including phenoxy) is 1. The van der Waals surface area contributed by atoms with E-state index in [2.05, 4.69) is 31.2 Å². The predicted octanol–water partition coefficient (Wildman–Crippen LogP) is 2.26. The fourth-order valence-electron chi connectivity index (χ4n) is 1.27. The molecule has 0 aliphatic rings. The molecule has 0 aromatic carbocycles. The van der Waals surface area contributed by atoms with E-state index in [1.54, 1.807) is 0 Å². The zero-order valence-electron chi connectivity index (χ0n) is 10.9. The van der Waals surface area contributed by atoms with Crippen LogP contribution in [-0.2, 0) is 17.8 Å². The summed E-state index contributed by atoms with van der Waals surface area (Å²) < 4.78 is 7.54. The van der Waals surface area contributed by atoms with E-state index in [4.69, 9.17) is 4.74 Å². The predicted molar refractivity (Wildman–Crippen MR) is 75.2 cm³/mol. The summed E-state index contributed by atoms with van der Waals surface area (Å²) in [5.41, 5.74) is 1.13. The van der Waals surface area contributed by atoms with Gasteiger partial charge in [0.15, 0.2) is 0 Å². The van der Waals surface area contributed by atoms with E-state index < -0.39 is 0 Å². The Labute approximate surface area is 116 Å². The minimum Gasteiger partial charge on any atom is -0.374 e. The van der Waals surface area contributed by atoms with E-state index in [0.717, 1.165) is 13.1 Å². The van der Waals surface area contributed by atoms with Gasteiger partial charge in [-0.25, -0.2) is 0 Å². The van der Waals surface area contributed by atoms with Gasteiger partial charge in [0, 0.05) is 18.3 Å². The first-order valence-corrected chi connectivity index (χ1v) is 5.31. The Hall–Kier alpha value is -0.290. The third kappa shape index (κ3) is 8.44. The second kappa shape index (κ2) is 8.75. The standard InChI is InChI=1S/C11H21N3O.2ClH/c1-11(2,3)15-6-5-14-9-10(7-12-4)8-13-14;;/h8-9,12H,5-7H2,1-4H3;2*1H. The molecule has 4 nitrogen and oxygen atoms in total. The number of hydrogen-bond donors (Lipinski definition) is 1. The van der Waals surface area contributed by atoms with Crippen LogP contribution in [0.3, 0.4) is 0 Å². The van der Waals surface area contributed by atoms with Crippen molar-refractivity contribution < 1.29 is 4.74 Å². The zero-order chi connectivity index (χ0) is 11.3. The maximum Gasteiger partial charge on any atom is 0.0669 e. The minimum atomic E-state index is -0.0685. The van der Waals surface area contributed by atoms with Gasteiger partial charge in [0.1, 0.15) is 0 Å². The highest BCUT2D eigenvalue weighted by Gasteiger charge is 2.09. The van der Waals surface area contributed by atoms with Crippen molar-refractivity contribution in [1.82, 2.24) is 15.1 Å². The van der Waals surface area contributed by atoms with Crippen LogP contribution in [0.25, 0.3) is 0 Å². The van der Waals surface area contributed by atoms with Gasteiger partial charge in [-0.15, -0.1) is 24.8 Å². The molecule has 0 amide bonds. The van der Waals surface area contributed by atoms with Crippen molar-refractivity contribution in [3.8, 4) is 0 Å². The van der Waals surface area contributed by atoms with E-state index in [1.807, 2.05) is 24.1 Å². The molecular weight excluding hydrogens is 261 g/mol. The Balaban J connectivity index is 0. The molecule has 0 spiro atoms. The highest BCUT2D eigenvalue weighted by Crippen LogP contribution is 2.06. The third-order valence-electron chi connectivity index (χ3n) is 1.92. The second-order valence-corrected chi connectivity index (χ2v) is 4.60. The average Bonchev–Trinajstić information content (AvgIpc) is 2.51. The topological polar surface area (TPSA) is 39.1 Å². The lowest BCUT2D eigenvalue weighted by Gasteiger charge is -2.19. The Kier molecular flexibility index (Phi) is 9.81. The molecule has 6 heteroatoms. The number of hydrogen-bond acceptors (Lipinski definition) is 3. The maximum atomic E-state index is 5.63. The van der Waals surface area contributed by atoms with Crippen LogP contribution in [0.4, 0.5) is 0 Å². The molecule has 1 N–H and O–H groups in total. The van der Waals surface area contributed by atoms with Gasteiger partial charge in [0.2, 0.25) is 0 Å². The lowest BCUT2D eigenvalue weighted by atomic mass is 10.2. The molecule has 1 aromatic rings. The van der Waals surface area contributed by atoms with Crippen molar-refractivity contribution in [3.63, 3.8) is 0 Å². The van der Waals surface area contributed by atoms with Crippen molar-refractivity contribution in [2.75, 3.05) is 13.7 Å². The first-order valence-electron chi connectivity index (χ1n) is 5.31. The first kappa shape index (κ1) is 19.1. The smallest absolute Gasteiger partial charge is 0.0669 e. The molecule has 17 heavy (non-hydrogen) atoms. The third-order valence-corrected chi connectivity index (χ3v) is 1.92. The molecule has 1 rings (SSSR count). The Morgan fingerprint density at radius 2 is 2.00 bits per heavy atom. The van der Waals surface area contributed by atoms with E-state index in [9.17, 15) is 0 Å². The highest BCUT2D eigenvalue weighted by molar-refractivity contribution is 5.85. The first-order chi connectivity index (χ1) is 7.01. The molecule has 0 aliphatic carbocycles. The normalized spacial score (nSPS) is 10.6. The van der Waals surface area contributed by atoms with Crippen molar-refractivity contribution >= 4 is 24.8 Å². The number of halogens is 2. The summed E-state index contributed by atoms with van der Waals surface area (Å²) in [6.45, 7) is 8.54. The van der Waals surface area contributed by atoms with Gasteiger partial charge >= 0.3 is 0 Å². The fourth-order valence-corrected chi connectivity index (χ4v) is 1.27. The largest absolute Gasteiger partial charge is 0.374 e. The van der Waals surface area contributed by atoms with Crippen LogP contribution < -0.4 is 5.32 Å². The van der Waals surface area contributed by atoms with Crippen LogP contribution in [-0.4, -0.2) is 29.0 Å². The molecule has 0 radical (unpaired) electrons. The molecule has 0 unspecified atom stereocenters. The minimum absolute atomic E-state index is 0. The summed E-state index contributed by atoms with van der Waals surface area (Å²) in [6, 6.07) is 0. The van der Waals surface area contributed by atoms with Gasteiger partial charge in [0.25, 0.3) is 0 Å². The van der Waals surface area contributed by atoms with Gasteiger partial charge in [0.05, 0.1) is 24.9 Å². The quantitative estimate of drug-likeness (QED) is 0.901. The molecule has 0 aliphatic heterocycles. The summed E-state index contributed by atoms with van der Waals surface area (Å²) in [6.07, 6.45) is 3.93. The molecule has 0 fully saturated rings. The fraction of sp³-hybridized carbons (Fsp3) is 0.727. The second-order valence-electron chi connectivity index (χ2n) is 4.60. The number of aromatic nitrogens is 2. The Morgan fingerprint density at radius 3 is 2.53 bits per heavy atom. The molecule has 0 saturated heterocycles. The van der Waals surface area contributed by atoms with Crippen molar-refractivity contribution in [2.24, 2.45) is 0 Å².